The first-order valence-electron chi connectivity index (χ1n) is 9.03. The lowest BCUT2D eigenvalue weighted by Crippen LogP contribution is -2.71. The maximum atomic E-state index is 6.45. The summed E-state index contributed by atoms with van der Waals surface area (Å²) in [4.78, 5) is 12.5. The van der Waals surface area contributed by atoms with Crippen LogP contribution in [0.2, 0.25) is 5.02 Å². The van der Waals surface area contributed by atoms with Gasteiger partial charge in [-0.05, 0) is 36.3 Å². The zero-order chi connectivity index (χ0) is 16.8. The van der Waals surface area contributed by atoms with Crippen molar-refractivity contribution >= 4 is 39.4 Å². The number of nitrogens with zero attached hydrogens (tertiary/aromatic N) is 3. The minimum atomic E-state index is -0.252. The van der Waals surface area contributed by atoms with E-state index in [0.717, 1.165) is 17.5 Å². The van der Waals surface area contributed by atoms with Crippen LogP contribution in [0.4, 0.5) is 0 Å². The molecule has 1 spiro atoms. The molecule has 4 aliphatic heterocycles. The Kier molecular flexibility index (Phi) is 2.91. The normalized spacial score (nSPS) is 41.2. The predicted molar refractivity (Wildman–Crippen MR) is 101 cm³/mol. The van der Waals surface area contributed by atoms with E-state index in [-0.39, 0.29) is 5.72 Å². The van der Waals surface area contributed by atoms with E-state index >= 15 is 0 Å². The van der Waals surface area contributed by atoms with E-state index in [4.69, 9.17) is 16.4 Å². The minimum Gasteiger partial charge on any atom is -0.365 e. The molecule has 3 saturated heterocycles. The van der Waals surface area contributed by atoms with Crippen molar-refractivity contribution in [3.8, 4) is 0 Å². The SMILES string of the molecule is CN1C=NOC12C1CC3CC2C(c2cc4cccc(Cl)c4s2)N(C3)C1. The number of thiophene rings is 1. The Balaban J connectivity index is 1.49. The summed E-state index contributed by atoms with van der Waals surface area (Å²) in [6, 6.07) is 8.96. The molecule has 25 heavy (non-hydrogen) atoms. The quantitative estimate of drug-likeness (QED) is 0.751. The Morgan fingerprint density at radius 2 is 2.24 bits per heavy atom. The van der Waals surface area contributed by atoms with Gasteiger partial charge in [-0.1, -0.05) is 28.9 Å². The van der Waals surface area contributed by atoms with Crippen LogP contribution in [-0.2, 0) is 4.84 Å². The fourth-order valence-corrected chi connectivity index (χ4v) is 7.54. The number of fused-ring (bicyclic) bond motifs is 1. The van der Waals surface area contributed by atoms with E-state index < -0.39 is 0 Å². The van der Waals surface area contributed by atoms with Gasteiger partial charge in [0.2, 0.25) is 5.72 Å². The highest BCUT2D eigenvalue weighted by atomic mass is 35.5. The third kappa shape index (κ3) is 1.79. The second-order valence-electron chi connectivity index (χ2n) is 8.02. The highest BCUT2D eigenvalue weighted by Gasteiger charge is 2.66. The van der Waals surface area contributed by atoms with E-state index in [1.54, 1.807) is 0 Å². The fourth-order valence-electron chi connectivity index (χ4n) is 5.98. The molecule has 4 fully saturated rings. The molecule has 5 aliphatic rings. The van der Waals surface area contributed by atoms with Crippen molar-refractivity contribution in [2.75, 3.05) is 20.1 Å². The highest BCUT2D eigenvalue weighted by molar-refractivity contribution is 7.19. The molecule has 4 bridgehead atoms. The van der Waals surface area contributed by atoms with Crippen LogP contribution >= 0.6 is 22.9 Å². The number of benzene rings is 1. The number of halogens is 1. The fraction of sp³-hybridized carbons (Fsp3) is 0.526. The van der Waals surface area contributed by atoms with Gasteiger partial charge in [0.1, 0.15) is 6.34 Å². The van der Waals surface area contributed by atoms with Crippen LogP contribution in [0.25, 0.3) is 10.1 Å². The molecule has 0 N–H and O–H groups in total. The van der Waals surface area contributed by atoms with Crippen molar-refractivity contribution in [1.29, 1.82) is 0 Å². The van der Waals surface area contributed by atoms with Gasteiger partial charge >= 0.3 is 0 Å². The molecule has 1 saturated carbocycles. The Hall–Kier alpha value is -1.30. The molecule has 1 aromatic heterocycles. The van der Waals surface area contributed by atoms with Crippen LogP contribution in [0.3, 0.4) is 0 Å². The molecule has 6 heteroatoms. The molecule has 130 valence electrons. The predicted octanol–water partition coefficient (Wildman–Crippen LogP) is 4.17. The minimum absolute atomic E-state index is 0.252. The summed E-state index contributed by atoms with van der Waals surface area (Å²) in [6.07, 6.45) is 4.37. The van der Waals surface area contributed by atoms with E-state index in [2.05, 4.69) is 34.1 Å². The average molecular weight is 374 g/mol. The van der Waals surface area contributed by atoms with E-state index in [1.807, 2.05) is 29.8 Å². The molecule has 7 rings (SSSR count). The van der Waals surface area contributed by atoms with Crippen molar-refractivity contribution in [1.82, 2.24) is 9.80 Å². The average Bonchev–Trinajstić information content (AvgIpc) is 3.18. The standard InChI is InChI=1S/C19H20ClN3OS/c1-22-10-21-24-19(22)13-5-11-6-14(19)17(23(8-11)9-13)16-7-12-3-2-4-15(20)18(12)25-16/h2-4,7,10-11,13-14,17H,5-6,8-9H2,1H3. The van der Waals surface area contributed by atoms with E-state index in [1.165, 1.54) is 34.3 Å². The van der Waals surface area contributed by atoms with Crippen LogP contribution in [0.5, 0.6) is 0 Å². The molecular formula is C19H20ClN3OS. The molecule has 1 aromatic carbocycles. The van der Waals surface area contributed by atoms with Gasteiger partial charge < -0.3 is 9.74 Å². The zero-order valence-corrected chi connectivity index (χ0v) is 15.6. The number of hydrogen-bond donors (Lipinski definition) is 0. The molecule has 6 unspecified atom stereocenters. The van der Waals surface area contributed by atoms with Gasteiger partial charge in [0.15, 0.2) is 0 Å². The Bertz CT molecular complexity index is 898. The molecule has 0 amide bonds. The Morgan fingerprint density at radius 3 is 3.04 bits per heavy atom. The zero-order valence-electron chi connectivity index (χ0n) is 14.1. The summed E-state index contributed by atoms with van der Waals surface area (Å²) < 4.78 is 1.21. The van der Waals surface area contributed by atoms with Crippen molar-refractivity contribution in [3.05, 3.63) is 34.2 Å². The van der Waals surface area contributed by atoms with Gasteiger partial charge in [-0.3, -0.25) is 4.90 Å². The van der Waals surface area contributed by atoms with Crippen LogP contribution in [-0.4, -0.2) is 42.0 Å². The first-order valence-corrected chi connectivity index (χ1v) is 10.2. The van der Waals surface area contributed by atoms with Crippen molar-refractivity contribution < 1.29 is 4.84 Å². The van der Waals surface area contributed by atoms with Gasteiger partial charge in [0.05, 0.1) is 15.8 Å². The number of oxime groups is 1. The lowest BCUT2D eigenvalue weighted by Gasteiger charge is -2.63. The Morgan fingerprint density at radius 1 is 1.32 bits per heavy atom. The van der Waals surface area contributed by atoms with Crippen molar-refractivity contribution in [2.45, 2.75) is 24.6 Å². The lowest BCUT2D eigenvalue weighted by molar-refractivity contribution is -0.265. The van der Waals surface area contributed by atoms with Crippen LogP contribution < -0.4 is 0 Å². The van der Waals surface area contributed by atoms with Crippen molar-refractivity contribution in [3.63, 3.8) is 0 Å². The number of hydrogen-bond acceptors (Lipinski definition) is 5. The summed E-state index contributed by atoms with van der Waals surface area (Å²) in [5.74, 6) is 1.81. The first-order chi connectivity index (χ1) is 12.2. The van der Waals surface area contributed by atoms with Gasteiger partial charge in [0.25, 0.3) is 0 Å². The molecule has 0 radical (unpaired) electrons. The lowest BCUT2D eigenvalue weighted by atomic mass is 9.59. The van der Waals surface area contributed by atoms with Gasteiger partial charge in [-0.15, -0.1) is 11.3 Å². The summed E-state index contributed by atoms with van der Waals surface area (Å²) in [7, 11) is 2.13. The molecule has 1 aliphatic carbocycles. The van der Waals surface area contributed by atoms with Crippen LogP contribution in [0.15, 0.2) is 29.4 Å². The monoisotopic (exact) mass is 373 g/mol. The summed E-state index contributed by atoms with van der Waals surface area (Å²) in [6.45, 7) is 2.33. The first kappa shape index (κ1) is 14.8. The summed E-state index contributed by atoms with van der Waals surface area (Å²) in [5.41, 5.74) is -0.252. The maximum Gasteiger partial charge on any atom is 0.219 e. The number of rotatable bonds is 1. The van der Waals surface area contributed by atoms with Gasteiger partial charge in [0, 0.05) is 36.9 Å². The van der Waals surface area contributed by atoms with Gasteiger partial charge in [-0.2, -0.15) is 0 Å². The number of piperidine rings is 3. The topological polar surface area (TPSA) is 28.1 Å². The molecule has 5 heterocycles. The van der Waals surface area contributed by atoms with E-state index in [0.29, 0.717) is 17.9 Å². The van der Waals surface area contributed by atoms with Crippen LogP contribution in [0, 0.1) is 17.8 Å². The summed E-state index contributed by atoms with van der Waals surface area (Å²) >= 11 is 8.31. The molecule has 4 nitrogen and oxygen atoms in total. The summed E-state index contributed by atoms with van der Waals surface area (Å²) in [5, 5.41) is 6.33. The third-order valence-electron chi connectivity index (χ3n) is 6.82. The largest absolute Gasteiger partial charge is 0.365 e. The third-order valence-corrected chi connectivity index (χ3v) is 8.50. The maximum absolute atomic E-state index is 6.45. The highest BCUT2D eigenvalue weighted by Crippen LogP contribution is 2.60. The molecular weight excluding hydrogens is 354 g/mol. The smallest absolute Gasteiger partial charge is 0.219 e. The van der Waals surface area contributed by atoms with Gasteiger partial charge in [-0.25, -0.2) is 0 Å². The van der Waals surface area contributed by atoms with E-state index in [9.17, 15) is 0 Å². The second-order valence-corrected chi connectivity index (χ2v) is 9.51. The Labute approximate surface area is 156 Å². The van der Waals surface area contributed by atoms with Crippen LogP contribution in [0.1, 0.15) is 23.8 Å². The molecule has 6 atom stereocenters. The van der Waals surface area contributed by atoms with Crippen molar-refractivity contribution in [2.24, 2.45) is 22.9 Å². The second kappa shape index (κ2) is 4.90. The molecule has 2 aromatic rings.